The molecule has 2 nitrogen and oxygen atoms in total. The lowest BCUT2D eigenvalue weighted by Gasteiger charge is -2.26. The van der Waals surface area contributed by atoms with E-state index in [1.807, 2.05) is 25.1 Å². The van der Waals surface area contributed by atoms with Gasteiger partial charge in [-0.25, -0.2) is 4.39 Å². The average molecular weight is 259 g/mol. The fourth-order valence-corrected chi connectivity index (χ4v) is 2.88. The van der Waals surface area contributed by atoms with Gasteiger partial charge in [0.15, 0.2) is 0 Å². The largest absolute Gasteiger partial charge is 0.469 e. The summed E-state index contributed by atoms with van der Waals surface area (Å²) in [6.07, 6.45) is 4.94. The predicted octanol–water partition coefficient (Wildman–Crippen LogP) is 4.15. The first-order valence-corrected chi connectivity index (χ1v) is 6.82. The summed E-state index contributed by atoms with van der Waals surface area (Å²) < 4.78 is 19.3. The number of aryl methyl sites for hydroxylation is 1. The lowest BCUT2D eigenvalue weighted by molar-refractivity contribution is 0.381. The molecule has 2 aromatic rings. The maximum atomic E-state index is 13.8. The number of benzene rings is 1. The maximum absolute atomic E-state index is 13.8. The molecule has 1 unspecified atom stereocenters. The molecule has 3 rings (SSSR count). The van der Waals surface area contributed by atoms with Gasteiger partial charge in [-0.2, -0.15) is 0 Å². The van der Waals surface area contributed by atoms with Crippen LogP contribution in [-0.4, -0.2) is 0 Å². The van der Waals surface area contributed by atoms with E-state index in [0.29, 0.717) is 0 Å². The fraction of sp³-hybridized carbons (Fsp3) is 0.375. The molecular formula is C16H18FNO. The molecule has 2 atom stereocenters. The zero-order valence-corrected chi connectivity index (χ0v) is 11.0. The summed E-state index contributed by atoms with van der Waals surface area (Å²) in [5.74, 6) is 0.926. The fourth-order valence-electron chi connectivity index (χ4n) is 2.88. The first kappa shape index (κ1) is 12.4. The van der Waals surface area contributed by atoms with Gasteiger partial charge >= 0.3 is 0 Å². The molecule has 1 aromatic heterocycles. The second-order valence-corrected chi connectivity index (χ2v) is 5.15. The van der Waals surface area contributed by atoms with Gasteiger partial charge < -0.3 is 9.73 Å². The summed E-state index contributed by atoms with van der Waals surface area (Å²) in [6.45, 7) is 2.01. The Morgan fingerprint density at radius 3 is 3.00 bits per heavy atom. The first-order valence-electron chi connectivity index (χ1n) is 6.82. The molecule has 0 fully saturated rings. The van der Waals surface area contributed by atoms with Gasteiger partial charge in [-0.15, -0.1) is 0 Å². The highest BCUT2D eigenvalue weighted by Gasteiger charge is 2.24. The highest BCUT2D eigenvalue weighted by molar-refractivity contribution is 5.26. The van der Waals surface area contributed by atoms with Gasteiger partial charge in [-0.05, 0) is 31.9 Å². The molecule has 1 aliphatic carbocycles. The van der Waals surface area contributed by atoms with Gasteiger partial charge in [0.1, 0.15) is 11.6 Å². The minimum Gasteiger partial charge on any atom is -0.469 e. The molecule has 1 aliphatic rings. The van der Waals surface area contributed by atoms with E-state index in [0.717, 1.165) is 30.6 Å². The van der Waals surface area contributed by atoms with E-state index in [1.165, 1.54) is 11.6 Å². The second kappa shape index (κ2) is 5.17. The van der Waals surface area contributed by atoms with Gasteiger partial charge in [-0.1, -0.05) is 18.2 Å². The molecule has 19 heavy (non-hydrogen) atoms. The van der Waals surface area contributed by atoms with Crippen LogP contribution in [0.3, 0.4) is 0 Å². The standard InChI is InChI=1S/C16H18FNO/c1-11(12-5-2-3-6-14(12)17)18-15-7-4-8-16-13(15)9-10-19-16/h2-3,5-6,9-11,15,18H,4,7-8H2,1H3/t11-,15?/m1/s1. The van der Waals surface area contributed by atoms with Gasteiger partial charge in [0.25, 0.3) is 0 Å². The minimum absolute atomic E-state index is 0.00736. The highest BCUT2D eigenvalue weighted by atomic mass is 19.1. The molecule has 0 spiro atoms. The first-order chi connectivity index (χ1) is 9.25. The van der Waals surface area contributed by atoms with Crippen LogP contribution in [0.15, 0.2) is 41.0 Å². The summed E-state index contributed by atoms with van der Waals surface area (Å²) in [5, 5.41) is 3.52. The van der Waals surface area contributed by atoms with E-state index in [9.17, 15) is 4.39 Å². The van der Waals surface area contributed by atoms with Crippen molar-refractivity contribution < 1.29 is 8.81 Å². The molecule has 1 aromatic carbocycles. The summed E-state index contributed by atoms with van der Waals surface area (Å²) >= 11 is 0. The molecule has 1 heterocycles. The number of fused-ring (bicyclic) bond motifs is 1. The Labute approximate surface area is 112 Å². The van der Waals surface area contributed by atoms with Crippen LogP contribution >= 0.6 is 0 Å². The monoisotopic (exact) mass is 259 g/mol. The van der Waals surface area contributed by atoms with Crippen LogP contribution in [0.5, 0.6) is 0 Å². The summed E-state index contributed by atoms with van der Waals surface area (Å²) in [5.41, 5.74) is 1.95. The molecule has 0 amide bonds. The number of furan rings is 1. The average Bonchev–Trinajstić information content (AvgIpc) is 2.88. The van der Waals surface area contributed by atoms with Crippen LogP contribution in [-0.2, 0) is 6.42 Å². The molecular weight excluding hydrogens is 241 g/mol. The van der Waals surface area contributed by atoms with Gasteiger partial charge in [0.2, 0.25) is 0 Å². The van der Waals surface area contributed by atoms with Crippen molar-refractivity contribution in [3.63, 3.8) is 0 Å². The number of nitrogens with one attached hydrogen (secondary N) is 1. The van der Waals surface area contributed by atoms with Crippen LogP contribution in [0.25, 0.3) is 0 Å². The zero-order chi connectivity index (χ0) is 13.2. The zero-order valence-electron chi connectivity index (χ0n) is 11.0. The Hall–Kier alpha value is -1.61. The molecule has 0 bridgehead atoms. The molecule has 0 aliphatic heterocycles. The van der Waals surface area contributed by atoms with Crippen LogP contribution in [0.1, 0.15) is 48.7 Å². The number of hydrogen-bond acceptors (Lipinski definition) is 2. The van der Waals surface area contributed by atoms with E-state index in [4.69, 9.17) is 4.42 Å². The summed E-state index contributed by atoms with van der Waals surface area (Å²) in [6, 6.07) is 9.23. The van der Waals surface area contributed by atoms with E-state index in [-0.39, 0.29) is 17.9 Å². The number of rotatable bonds is 3. The van der Waals surface area contributed by atoms with E-state index in [2.05, 4.69) is 5.32 Å². The van der Waals surface area contributed by atoms with E-state index >= 15 is 0 Å². The minimum atomic E-state index is -0.147. The third kappa shape index (κ3) is 2.43. The number of hydrogen-bond donors (Lipinski definition) is 1. The Morgan fingerprint density at radius 1 is 1.32 bits per heavy atom. The molecule has 0 saturated heterocycles. The van der Waals surface area contributed by atoms with E-state index < -0.39 is 0 Å². The van der Waals surface area contributed by atoms with Gasteiger partial charge in [0, 0.05) is 29.6 Å². The predicted molar refractivity (Wildman–Crippen MR) is 72.3 cm³/mol. The third-order valence-electron chi connectivity index (χ3n) is 3.87. The van der Waals surface area contributed by atoms with Crippen molar-refractivity contribution in [1.82, 2.24) is 5.32 Å². The lowest BCUT2D eigenvalue weighted by atomic mass is 9.92. The van der Waals surface area contributed by atoms with Crippen LogP contribution in [0.4, 0.5) is 4.39 Å². The highest BCUT2D eigenvalue weighted by Crippen LogP contribution is 2.32. The van der Waals surface area contributed by atoms with Crippen molar-refractivity contribution in [2.75, 3.05) is 0 Å². The third-order valence-corrected chi connectivity index (χ3v) is 3.87. The summed E-state index contributed by atoms with van der Waals surface area (Å²) in [7, 11) is 0. The van der Waals surface area contributed by atoms with Crippen LogP contribution < -0.4 is 5.32 Å². The normalized spacial score (nSPS) is 20.0. The Morgan fingerprint density at radius 2 is 2.16 bits per heavy atom. The molecule has 3 heteroatoms. The Bertz CT molecular complexity index is 563. The molecule has 0 radical (unpaired) electrons. The Kier molecular flexibility index (Phi) is 3.38. The van der Waals surface area contributed by atoms with E-state index in [1.54, 1.807) is 12.3 Å². The number of halogens is 1. The quantitative estimate of drug-likeness (QED) is 0.895. The maximum Gasteiger partial charge on any atom is 0.127 e. The van der Waals surface area contributed by atoms with Gasteiger partial charge in [0.05, 0.1) is 6.26 Å². The van der Waals surface area contributed by atoms with Crippen molar-refractivity contribution in [3.8, 4) is 0 Å². The topological polar surface area (TPSA) is 25.2 Å². The summed E-state index contributed by atoms with van der Waals surface area (Å²) in [4.78, 5) is 0. The second-order valence-electron chi connectivity index (χ2n) is 5.15. The molecule has 100 valence electrons. The van der Waals surface area contributed by atoms with Crippen LogP contribution in [0, 0.1) is 5.82 Å². The lowest BCUT2D eigenvalue weighted by Crippen LogP contribution is -2.27. The van der Waals surface area contributed by atoms with Crippen molar-refractivity contribution >= 4 is 0 Å². The van der Waals surface area contributed by atoms with Gasteiger partial charge in [-0.3, -0.25) is 0 Å². The van der Waals surface area contributed by atoms with Crippen molar-refractivity contribution in [2.24, 2.45) is 0 Å². The smallest absolute Gasteiger partial charge is 0.127 e. The van der Waals surface area contributed by atoms with Crippen molar-refractivity contribution in [1.29, 1.82) is 0 Å². The Balaban J connectivity index is 1.78. The molecule has 0 saturated carbocycles. The van der Waals surface area contributed by atoms with Crippen molar-refractivity contribution in [3.05, 3.63) is 59.3 Å². The molecule has 1 N–H and O–H groups in total. The van der Waals surface area contributed by atoms with Crippen LogP contribution in [0.2, 0.25) is 0 Å². The SMILES string of the molecule is C[C@@H](NC1CCCc2occc21)c1ccccc1F. The van der Waals surface area contributed by atoms with Crippen molar-refractivity contribution in [2.45, 2.75) is 38.3 Å².